The predicted molar refractivity (Wildman–Crippen MR) is 72.2 cm³/mol. The van der Waals surface area contributed by atoms with Crippen molar-refractivity contribution in [2.45, 2.75) is 38.9 Å². The van der Waals surface area contributed by atoms with Crippen molar-refractivity contribution in [3.8, 4) is 5.75 Å². The molecule has 0 bridgehead atoms. The Hall–Kier alpha value is -1.26. The van der Waals surface area contributed by atoms with E-state index in [2.05, 4.69) is 0 Å². The molecule has 3 rings (SSSR count). The Morgan fingerprint density at radius 1 is 0.944 bits per heavy atom. The van der Waals surface area contributed by atoms with Crippen molar-refractivity contribution in [2.24, 2.45) is 0 Å². The van der Waals surface area contributed by atoms with Gasteiger partial charge in [-0.2, -0.15) is 0 Å². The Labute approximate surface area is 108 Å². The topological polar surface area (TPSA) is 27.7 Å². The lowest BCUT2D eigenvalue weighted by atomic mass is 9.75. The van der Waals surface area contributed by atoms with Crippen LogP contribution in [0.25, 0.3) is 6.08 Å². The van der Waals surface area contributed by atoms with E-state index >= 15 is 0 Å². The van der Waals surface area contributed by atoms with Gasteiger partial charge in [0.05, 0.1) is 5.75 Å². The Balaban J connectivity index is 1.98. The van der Waals surface area contributed by atoms with Crippen LogP contribution in [0.5, 0.6) is 5.75 Å². The minimum atomic E-state index is -1.83. The van der Waals surface area contributed by atoms with Crippen molar-refractivity contribution in [1.29, 1.82) is 0 Å². The minimum Gasteiger partial charge on any atom is -0.666 e. The third-order valence-electron chi connectivity index (χ3n) is 4.09. The van der Waals surface area contributed by atoms with Crippen molar-refractivity contribution < 1.29 is 14.0 Å². The molecular weight excluding hydrogens is 227 g/mol. The quantitative estimate of drug-likeness (QED) is 0.657. The van der Waals surface area contributed by atoms with Crippen LogP contribution in [-0.2, 0) is 9.31 Å². The van der Waals surface area contributed by atoms with Gasteiger partial charge in [-0.1, -0.05) is 24.3 Å². The summed E-state index contributed by atoms with van der Waals surface area (Å²) in [5.41, 5.74) is 0.285. The summed E-state index contributed by atoms with van der Waals surface area (Å²) < 4.78 is 18.1. The Bertz CT molecular complexity index is 504. The summed E-state index contributed by atoms with van der Waals surface area (Å²) in [5, 5.41) is 0. The second kappa shape index (κ2) is 3.40. The number of para-hydroxylation sites is 1. The van der Waals surface area contributed by atoms with Crippen LogP contribution in [0.1, 0.15) is 33.3 Å². The van der Waals surface area contributed by atoms with Crippen LogP contribution in [0.4, 0.5) is 0 Å². The molecule has 0 atom stereocenters. The lowest BCUT2D eigenvalue weighted by molar-refractivity contribution is 0.00578. The molecule has 3 nitrogen and oxygen atoms in total. The van der Waals surface area contributed by atoms with Gasteiger partial charge in [-0.25, -0.2) is 0 Å². The summed E-state index contributed by atoms with van der Waals surface area (Å²) in [6.07, 6.45) is 2.01. The molecule has 0 unspecified atom stereocenters. The minimum absolute atomic E-state index is 0.385. The zero-order valence-corrected chi connectivity index (χ0v) is 11.3. The Kier molecular flexibility index (Phi) is 2.23. The highest BCUT2D eigenvalue weighted by molar-refractivity contribution is 6.69. The molecular formula is C14H18BO3-. The fourth-order valence-corrected chi connectivity index (χ4v) is 2.42. The van der Waals surface area contributed by atoms with Crippen molar-refractivity contribution in [1.82, 2.24) is 0 Å². The van der Waals surface area contributed by atoms with Crippen molar-refractivity contribution in [3.63, 3.8) is 0 Å². The molecule has 0 amide bonds. The largest absolute Gasteiger partial charge is 0.666 e. The molecule has 1 spiro atoms. The van der Waals surface area contributed by atoms with E-state index in [1.807, 2.05) is 64.0 Å². The number of hydrogen-bond acceptors (Lipinski definition) is 3. The zero-order chi connectivity index (χ0) is 13.0. The first kappa shape index (κ1) is 11.8. The number of hydrogen-bond donors (Lipinski definition) is 0. The molecule has 0 saturated carbocycles. The molecule has 4 heteroatoms. The number of fused-ring (bicyclic) bond motifs is 1. The van der Waals surface area contributed by atoms with Crippen molar-refractivity contribution in [2.75, 3.05) is 0 Å². The van der Waals surface area contributed by atoms with E-state index in [1.54, 1.807) is 0 Å². The molecule has 0 radical (unpaired) electrons. The van der Waals surface area contributed by atoms with Crippen LogP contribution in [0.3, 0.4) is 0 Å². The van der Waals surface area contributed by atoms with Gasteiger partial charge >= 0.3 is 6.75 Å². The van der Waals surface area contributed by atoms with E-state index in [1.165, 1.54) is 0 Å². The summed E-state index contributed by atoms with van der Waals surface area (Å²) in [6.45, 7) is 6.29. The van der Waals surface area contributed by atoms with Gasteiger partial charge in [0.2, 0.25) is 0 Å². The maximum atomic E-state index is 6.08. The lowest BCUT2D eigenvalue weighted by Crippen LogP contribution is -2.45. The molecule has 0 aliphatic carbocycles. The second-order valence-electron chi connectivity index (χ2n) is 5.97. The first-order chi connectivity index (χ1) is 8.34. The number of benzene rings is 1. The Morgan fingerprint density at radius 2 is 1.56 bits per heavy atom. The van der Waals surface area contributed by atoms with Gasteiger partial charge in [0.1, 0.15) is 0 Å². The predicted octanol–water partition coefficient (Wildman–Crippen LogP) is 3.17. The third-order valence-corrected chi connectivity index (χ3v) is 4.09. The van der Waals surface area contributed by atoms with Gasteiger partial charge in [-0.15, -0.1) is 5.98 Å². The molecule has 1 saturated heterocycles. The highest BCUT2D eigenvalue weighted by atomic mass is 16.8. The normalized spacial score (nSPS) is 25.8. The van der Waals surface area contributed by atoms with Crippen LogP contribution in [0, 0.1) is 0 Å². The molecule has 0 N–H and O–H groups in total. The van der Waals surface area contributed by atoms with E-state index < -0.39 is 6.75 Å². The smallest absolute Gasteiger partial charge is 0.459 e. The van der Waals surface area contributed by atoms with Gasteiger partial charge in [0, 0.05) is 16.8 Å². The summed E-state index contributed by atoms with van der Waals surface area (Å²) >= 11 is 0. The first-order valence-corrected chi connectivity index (χ1v) is 6.35. The van der Waals surface area contributed by atoms with E-state index in [0.29, 0.717) is 0 Å². The molecule has 1 fully saturated rings. The van der Waals surface area contributed by atoms with Crippen LogP contribution in [-0.4, -0.2) is 18.0 Å². The lowest BCUT2D eigenvalue weighted by Gasteiger charge is -2.38. The van der Waals surface area contributed by atoms with Crippen molar-refractivity contribution >= 4 is 12.8 Å². The van der Waals surface area contributed by atoms with Gasteiger partial charge in [-0.05, 0) is 33.8 Å². The summed E-state index contributed by atoms with van der Waals surface area (Å²) in [5.74, 6) is 2.72. The van der Waals surface area contributed by atoms with Gasteiger partial charge in [0.25, 0.3) is 0 Å². The van der Waals surface area contributed by atoms with E-state index in [0.717, 1.165) is 11.3 Å². The fraction of sp³-hybridized carbons (Fsp3) is 0.429. The van der Waals surface area contributed by atoms with Crippen LogP contribution >= 0.6 is 0 Å². The average Bonchev–Trinajstić information content (AvgIpc) is 2.43. The van der Waals surface area contributed by atoms with Gasteiger partial charge in [0.15, 0.2) is 0 Å². The highest BCUT2D eigenvalue weighted by Gasteiger charge is 2.53. The Morgan fingerprint density at radius 3 is 2.22 bits per heavy atom. The van der Waals surface area contributed by atoms with Crippen LogP contribution in [0.15, 0.2) is 30.2 Å². The van der Waals surface area contributed by atoms with E-state index in [4.69, 9.17) is 14.0 Å². The maximum absolute atomic E-state index is 6.08. The van der Waals surface area contributed by atoms with E-state index in [-0.39, 0.29) is 11.2 Å². The average molecular weight is 245 g/mol. The molecule has 2 aliphatic heterocycles. The van der Waals surface area contributed by atoms with Gasteiger partial charge < -0.3 is 14.0 Å². The second-order valence-corrected chi connectivity index (χ2v) is 5.97. The molecule has 1 aromatic carbocycles. The van der Waals surface area contributed by atoms with Gasteiger partial charge in [-0.3, -0.25) is 0 Å². The van der Waals surface area contributed by atoms with E-state index in [9.17, 15) is 0 Å². The maximum Gasteiger partial charge on any atom is 0.459 e. The molecule has 18 heavy (non-hydrogen) atoms. The third kappa shape index (κ3) is 1.60. The molecule has 2 aliphatic rings. The molecule has 2 heterocycles. The zero-order valence-electron chi connectivity index (χ0n) is 11.3. The number of rotatable bonds is 0. The highest BCUT2D eigenvalue weighted by Crippen LogP contribution is 2.44. The standard InChI is InChI=1S/C14H18BO3/c1-13(2)14(3,4)18-15(17-13)10-9-11-7-5-6-8-12(11)16-15/h5-10H,1-4H3/q-1. The van der Waals surface area contributed by atoms with Crippen molar-refractivity contribution in [3.05, 3.63) is 35.8 Å². The molecule has 96 valence electrons. The first-order valence-electron chi connectivity index (χ1n) is 6.35. The molecule has 0 aromatic heterocycles. The van der Waals surface area contributed by atoms with Crippen LogP contribution in [0.2, 0.25) is 0 Å². The molecule has 1 aromatic rings. The summed E-state index contributed by atoms with van der Waals surface area (Å²) in [6, 6.07) is 7.89. The fourth-order valence-electron chi connectivity index (χ4n) is 2.42. The SMILES string of the molecule is CC1(C)O[B-]2(C=Cc3ccccc3O2)OC1(C)C. The van der Waals surface area contributed by atoms with Crippen LogP contribution < -0.4 is 4.65 Å². The summed E-state index contributed by atoms with van der Waals surface area (Å²) in [4.78, 5) is 0. The summed E-state index contributed by atoms with van der Waals surface area (Å²) in [7, 11) is 0. The monoisotopic (exact) mass is 245 g/mol.